The number of fused-ring (bicyclic) bond motifs is 1. The first-order chi connectivity index (χ1) is 14.0. The number of rotatable bonds is 3. The van der Waals surface area contributed by atoms with Crippen LogP contribution in [-0.4, -0.2) is 32.7 Å². The molecule has 2 fully saturated rings. The average molecular weight is 448 g/mol. The van der Waals surface area contributed by atoms with E-state index in [1.807, 2.05) is 22.7 Å². The van der Waals surface area contributed by atoms with Crippen LogP contribution >= 0.6 is 35.0 Å². The number of aromatic nitrogens is 4. The summed E-state index contributed by atoms with van der Waals surface area (Å²) in [6, 6.07) is 5.63. The predicted octanol–water partition coefficient (Wildman–Crippen LogP) is 5.99. The molecule has 2 aliphatic rings. The highest BCUT2D eigenvalue weighted by Gasteiger charge is 2.40. The molecule has 8 heteroatoms. The normalized spacial score (nSPS) is 21.3. The molecule has 1 unspecified atom stereocenters. The Hall–Kier alpha value is -1.50. The Balaban J connectivity index is 1.40. The fourth-order valence-corrected chi connectivity index (χ4v) is 6.30. The lowest BCUT2D eigenvalue weighted by atomic mass is 9.76. The molecule has 1 spiro atoms. The number of nitrogens with zero attached hydrogens (tertiary/aromatic N) is 5. The van der Waals surface area contributed by atoms with E-state index in [4.69, 9.17) is 28.2 Å². The number of anilines is 1. The molecule has 1 saturated heterocycles. The molecule has 0 radical (unpaired) electrons. The van der Waals surface area contributed by atoms with Gasteiger partial charge in [-0.25, -0.2) is 9.38 Å². The zero-order chi connectivity index (χ0) is 20.0. The second-order valence-corrected chi connectivity index (χ2v) is 10.3. The third kappa shape index (κ3) is 3.60. The van der Waals surface area contributed by atoms with Crippen LogP contribution in [-0.2, 0) is 0 Å². The standard InChI is InChI=1S/C21H23Cl2N5S/c1-14-5-6-21(11-14)7-9-27(10-8-21)20-24-12-17(19-26-25-13-28(19)20)29-16-4-2-3-15(22)18(16)23/h2-4,12-14H,5-11H2,1H3. The van der Waals surface area contributed by atoms with Crippen molar-refractivity contribution in [2.45, 2.75) is 48.8 Å². The summed E-state index contributed by atoms with van der Waals surface area (Å²) in [5, 5.41) is 9.60. The minimum absolute atomic E-state index is 0.544. The maximum absolute atomic E-state index is 6.37. The van der Waals surface area contributed by atoms with Crippen molar-refractivity contribution in [3.05, 3.63) is 40.8 Å². The molecular weight excluding hydrogens is 425 g/mol. The molecule has 0 bridgehead atoms. The summed E-state index contributed by atoms with van der Waals surface area (Å²) in [5.74, 6) is 1.80. The van der Waals surface area contributed by atoms with E-state index in [0.717, 1.165) is 40.4 Å². The van der Waals surface area contributed by atoms with Crippen molar-refractivity contribution >= 4 is 46.6 Å². The smallest absolute Gasteiger partial charge is 0.212 e. The first kappa shape index (κ1) is 19.5. The Labute approximate surface area is 184 Å². The van der Waals surface area contributed by atoms with Crippen molar-refractivity contribution in [3.63, 3.8) is 0 Å². The number of piperidine rings is 1. The number of hydrogen-bond donors (Lipinski definition) is 0. The van der Waals surface area contributed by atoms with Gasteiger partial charge in [0.1, 0.15) is 6.33 Å². The van der Waals surface area contributed by atoms with Crippen LogP contribution in [0, 0.1) is 11.3 Å². The number of benzene rings is 1. The molecule has 152 valence electrons. The van der Waals surface area contributed by atoms with E-state index in [1.54, 1.807) is 12.4 Å². The maximum Gasteiger partial charge on any atom is 0.212 e. The SMILES string of the molecule is CC1CCC2(CCN(c3ncc(Sc4cccc(Cl)c4Cl)c4nncn34)CC2)C1. The van der Waals surface area contributed by atoms with E-state index in [-0.39, 0.29) is 0 Å². The first-order valence-electron chi connectivity index (χ1n) is 10.1. The van der Waals surface area contributed by atoms with Crippen LogP contribution in [0.25, 0.3) is 5.65 Å². The summed E-state index contributed by atoms with van der Waals surface area (Å²) in [7, 11) is 0. The van der Waals surface area contributed by atoms with Crippen molar-refractivity contribution in [3.8, 4) is 0 Å². The Morgan fingerprint density at radius 1 is 1.14 bits per heavy atom. The zero-order valence-corrected chi connectivity index (χ0v) is 18.6. The third-order valence-corrected chi connectivity index (χ3v) is 8.47. The van der Waals surface area contributed by atoms with Crippen molar-refractivity contribution in [1.82, 2.24) is 19.6 Å². The van der Waals surface area contributed by atoms with Gasteiger partial charge in [0, 0.05) is 24.2 Å². The molecular formula is C21H23Cl2N5S. The number of hydrogen-bond acceptors (Lipinski definition) is 5. The second-order valence-electron chi connectivity index (χ2n) is 8.44. The Morgan fingerprint density at radius 3 is 2.72 bits per heavy atom. The van der Waals surface area contributed by atoms with Crippen LogP contribution in [0.3, 0.4) is 0 Å². The molecule has 3 heterocycles. The first-order valence-corrected chi connectivity index (χ1v) is 11.7. The van der Waals surface area contributed by atoms with Crippen LogP contribution in [0.5, 0.6) is 0 Å². The summed E-state index contributed by atoms with van der Waals surface area (Å²) >= 11 is 14.0. The van der Waals surface area contributed by atoms with E-state index < -0.39 is 0 Å². The fraction of sp³-hybridized carbons (Fsp3) is 0.476. The Bertz CT molecular complexity index is 1040. The minimum atomic E-state index is 0.544. The summed E-state index contributed by atoms with van der Waals surface area (Å²) < 4.78 is 2.00. The second kappa shape index (κ2) is 7.64. The van der Waals surface area contributed by atoms with Gasteiger partial charge in [0.15, 0.2) is 5.65 Å². The summed E-state index contributed by atoms with van der Waals surface area (Å²) in [5.41, 5.74) is 1.35. The quantitative estimate of drug-likeness (QED) is 0.493. The van der Waals surface area contributed by atoms with Gasteiger partial charge < -0.3 is 4.90 Å². The number of halogens is 2. The topological polar surface area (TPSA) is 46.3 Å². The average Bonchev–Trinajstić information content (AvgIpc) is 3.34. The van der Waals surface area contributed by atoms with Gasteiger partial charge in [0.05, 0.1) is 14.9 Å². The fourth-order valence-electron chi connectivity index (χ4n) is 4.90. The zero-order valence-electron chi connectivity index (χ0n) is 16.3. The maximum atomic E-state index is 6.37. The van der Waals surface area contributed by atoms with Crippen molar-refractivity contribution in [2.24, 2.45) is 11.3 Å². The van der Waals surface area contributed by atoms with Gasteiger partial charge in [-0.2, -0.15) is 0 Å². The molecule has 1 aromatic carbocycles. The highest BCUT2D eigenvalue weighted by atomic mass is 35.5. The summed E-state index contributed by atoms with van der Waals surface area (Å²) in [4.78, 5) is 8.97. The van der Waals surface area contributed by atoms with Gasteiger partial charge >= 0.3 is 0 Å². The molecule has 1 aliphatic heterocycles. The lowest BCUT2D eigenvalue weighted by Gasteiger charge is -2.40. The van der Waals surface area contributed by atoms with Crippen LogP contribution in [0.15, 0.2) is 40.5 Å². The van der Waals surface area contributed by atoms with Gasteiger partial charge in [-0.15, -0.1) is 10.2 Å². The molecule has 0 N–H and O–H groups in total. The lowest BCUT2D eigenvalue weighted by molar-refractivity contribution is 0.218. The highest BCUT2D eigenvalue weighted by Crippen LogP contribution is 2.49. The van der Waals surface area contributed by atoms with Gasteiger partial charge in [0.25, 0.3) is 0 Å². The lowest BCUT2D eigenvalue weighted by Crippen LogP contribution is -2.40. The molecule has 5 rings (SSSR count). The van der Waals surface area contributed by atoms with Crippen molar-refractivity contribution < 1.29 is 0 Å². The Morgan fingerprint density at radius 2 is 1.97 bits per heavy atom. The van der Waals surface area contributed by atoms with Crippen LogP contribution < -0.4 is 4.90 Å². The molecule has 3 aromatic rings. The van der Waals surface area contributed by atoms with Gasteiger partial charge in [-0.3, -0.25) is 0 Å². The molecule has 1 aliphatic carbocycles. The van der Waals surface area contributed by atoms with Gasteiger partial charge in [0.2, 0.25) is 5.95 Å². The minimum Gasteiger partial charge on any atom is -0.342 e. The molecule has 2 aromatic heterocycles. The van der Waals surface area contributed by atoms with E-state index in [0.29, 0.717) is 15.5 Å². The summed E-state index contributed by atoms with van der Waals surface area (Å²) in [6.07, 6.45) is 10.3. The molecule has 5 nitrogen and oxygen atoms in total. The third-order valence-electron chi connectivity index (χ3n) is 6.47. The monoisotopic (exact) mass is 447 g/mol. The molecule has 29 heavy (non-hydrogen) atoms. The van der Waals surface area contributed by atoms with E-state index in [9.17, 15) is 0 Å². The molecule has 1 saturated carbocycles. The van der Waals surface area contributed by atoms with Crippen LogP contribution in [0.4, 0.5) is 5.95 Å². The van der Waals surface area contributed by atoms with Crippen molar-refractivity contribution in [2.75, 3.05) is 18.0 Å². The van der Waals surface area contributed by atoms with E-state index >= 15 is 0 Å². The largest absolute Gasteiger partial charge is 0.342 e. The van der Waals surface area contributed by atoms with Crippen LogP contribution in [0.2, 0.25) is 10.0 Å². The van der Waals surface area contributed by atoms with Gasteiger partial charge in [-0.05, 0) is 49.1 Å². The van der Waals surface area contributed by atoms with E-state index in [1.165, 1.54) is 43.9 Å². The Kier molecular flexibility index (Phi) is 5.13. The van der Waals surface area contributed by atoms with E-state index in [2.05, 4.69) is 22.0 Å². The predicted molar refractivity (Wildman–Crippen MR) is 118 cm³/mol. The summed E-state index contributed by atoms with van der Waals surface area (Å²) in [6.45, 7) is 4.48. The molecule has 0 amide bonds. The van der Waals surface area contributed by atoms with Gasteiger partial charge in [-0.1, -0.05) is 54.4 Å². The molecule has 1 atom stereocenters. The van der Waals surface area contributed by atoms with Crippen molar-refractivity contribution in [1.29, 1.82) is 0 Å². The highest BCUT2D eigenvalue weighted by molar-refractivity contribution is 7.99. The van der Waals surface area contributed by atoms with Crippen LogP contribution in [0.1, 0.15) is 39.0 Å².